The van der Waals surface area contributed by atoms with Gasteiger partial charge in [-0.3, -0.25) is 0 Å². The summed E-state index contributed by atoms with van der Waals surface area (Å²) in [6, 6.07) is 0.756. The van der Waals surface area contributed by atoms with E-state index in [1.54, 1.807) is 13.3 Å². The summed E-state index contributed by atoms with van der Waals surface area (Å²) in [6.07, 6.45) is 5.71. The normalized spacial score (nSPS) is 15.1. The van der Waals surface area contributed by atoms with Crippen molar-refractivity contribution in [3.63, 3.8) is 0 Å². The molecule has 2 N–H and O–H groups in total. The van der Waals surface area contributed by atoms with E-state index in [1.165, 1.54) is 0 Å². The number of H-pyrrole nitrogens is 1. The van der Waals surface area contributed by atoms with Crippen molar-refractivity contribution < 1.29 is 4.74 Å². The standard InChI is InChI=1S/C11H21N3O/c1-4-10(11-12-6-7-13-11)14-9(2)5-8-15-3/h6-7,9-10,14H,4-5,8H2,1-3H3,(H,12,13). The lowest BCUT2D eigenvalue weighted by Gasteiger charge is -2.20. The van der Waals surface area contributed by atoms with E-state index in [1.807, 2.05) is 6.20 Å². The number of imidazole rings is 1. The van der Waals surface area contributed by atoms with Crippen molar-refractivity contribution in [1.29, 1.82) is 0 Å². The summed E-state index contributed by atoms with van der Waals surface area (Å²) < 4.78 is 5.05. The summed E-state index contributed by atoms with van der Waals surface area (Å²) in [6.45, 7) is 5.12. The number of hydrogen-bond acceptors (Lipinski definition) is 3. The summed E-state index contributed by atoms with van der Waals surface area (Å²) in [7, 11) is 1.73. The highest BCUT2D eigenvalue weighted by Gasteiger charge is 2.13. The number of hydrogen-bond donors (Lipinski definition) is 2. The topological polar surface area (TPSA) is 49.9 Å². The molecule has 2 atom stereocenters. The Hall–Kier alpha value is -0.870. The zero-order chi connectivity index (χ0) is 11.1. The molecule has 0 spiro atoms. The summed E-state index contributed by atoms with van der Waals surface area (Å²) in [5.41, 5.74) is 0. The quantitative estimate of drug-likeness (QED) is 0.724. The van der Waals surface area contributed by atoms with Crippen molar-refractivity contribution in [3.05, 3.63) is 18.2 Å². The van der Waals surface area contributed by atoms with E-state index in [2.05, 4.69) is 29.1 Å². The summed E-state index contributed by atoms with van der Waals surface area (Å²) in [5.74, 6) is 1.02. The first-order chi connectivity index (χ1) is 7.27. The van der Waals surface area contributed by atoms with Gasteiger partial charge in [-0.15, -0.1) is 0 Å². The van der Waals surface area contributed by atoms with Gasteiger partial charge in [-0.1, -0.05) is 6.92 Å². The SMILES string of the molecule is CCC(NC(C)CCOC)c1ncc[nH]1. The molecule has 0 bridgehead atoms. The third-order valence-corrected chi connectivity index (χ3v) is 2.50. The zero-order valence-electron chi connectivity index (χ0n) is 9.79. The Bertz CT molecular complexity index is 248. The molecule has 0 aliphatic carbocycles. The van der Waals surface area contributed by atoms with E-state index >= 15 is 0 Å². The van der Waals surface area contributed by atoms with Crippen LogP contribution < -0.4 is 5.32 Å². The van der Waals surface area contributed by atoms with E-state index < -0.39 is 0 Å². The third-order valence-electron chi connectivity index (χ3n) is 2.50. The maximum absolute atomic E-state index is 5.05. The molecule has 1 aromatic heterocycles. The van der Waals surface area contributed by atoms with E-state index in [4.69, 9.17) is 4.74 Å². The number of aromatic nitrogens is 2. The lowest BCUT2D eigenvalue weighted by atomic mass is 10.1. The van der Waals surface area contributed by atoms with Crippen LogP contribution in [0.4, 0.5) is 0 Å². The van der Waals surface area contributed by atoms with Gasteiger partial charge in [0.25, 0.3) is 0 Å². The van der Waals surface area contributed by atoms with Crippen LogP contribution in [0.1, 0.15) is 38.6 Å². The summed E-state index contributed by atoms with van der Waals surface area (Å²) in [5, 5.41) is 3.53. The van der Waals surface area contributed by atoms with Crippen LogP contribution in [0.3, 0.4) is 0 Å². The molecule has 0 saturated carbocycles. The number of nitrogens with zero attached hydrogens (tertiary/aromatic N) is 1. The zero-order valence-corrected chi connectivity index (χ0v) is 9.79. The lowest BCUT2D eigenvalue weighted by molar-refractivity contribution is 0.182. The van der Waals surface area contributed by atoms with Crippen LogP contribution in [0, 0.1) is 0 Å². The fourth-order valence-corrected chi connectivity index (χ4v) is 1.58. The van der Waals surface area contributed by atoms with Gasteiger partial charge in [0, 0.05) is 32.2 Å². The Morgan fingerprint density at radius 1 is 1.60 bits per heavy atom. The van der Waals surface area contributed by atoms with Gasteiger partial charge in [-0.05, 0) is 19.8 Å². The Morgan fingerprint density at radius 2 is 2.40 bits per heavy atom. The van der Waals surface area contributed by atoms with Gasteiger partial charge in [0.2, 0.25) is 0 Å². The second kappa shape index (κ2) is 6.58. The minimum absolute atomic E-state index is 0.312. The molecule has 1 heterocycles. The van der Waals surface area contributed by atoms with Gasteiger partial charge in [0.1, 0.15) is 5.82 Å². The first-order valence-electron chi connectivity index (χ1n) is 5.52. The Labute approximate surface area is 91.4 Å². The van der Waals surface area contributed by atoms with E-state index in [9.17, 15) is 0 Å². The van der Waals surface area contributed by atoms with Gasteiger partial charge >= 0.3 is 0 Å². The first-order valence-corrected chi connectivity index (χ1v) is 5.52. The van der Waals surface area contributed by atoms with Crippen LogP contribution in [0.15, 0.2) is 12.4 Å². The maximum atomic E-state index is 5.05. The molecule has 0 aliphatic rings. The molecular weight excluding hydrogens is 190 g/mol. The molecule has 1 rings (SSSR count). The van der Waals surface area contributed by atoms with Gasteiger partial charge in [0.15, 0.2) is 0 Å². The van der Waals surface area contributed by atoms with Gasteiger partial charge in [0.05, 0.1) is 6.04 Å². The van der Waals surface area contributed by atoms with E-state index in [0.717, 1.165) is 25.3 Å². The van der Waals surface area contributed by atoms with Crippen molar-refractivity contribution in [3.8, 4) is 0 Å². The molecule has 0 saturated heterocycles. The average molecular weight is 211 g/mol. The Kier molecular flexibility index (Phi) is 5.36. The number of ether oxygens (including phenoxy) is 1. The molecule has 15 heavy (non-hydrogen) atoms. The van der Waals surface area contributed by atoms with E-state index in [0.29, 0.717) is 12.1 Å². The summed E-state index contributed by atoms with van der Waals surface area (Å²) in [4.78, 5) is 7.42. The highest BCUT2D eigenvalue weighted by molar-refractivity contribution is 4.95. The van der Waals surface area contributed by atoms with Crippen LogP contribution in [0.25, 0.3) is 0 Å². The number of methoxy groups -OCH3 is 1. The van der Waals surface area contributed by atoms with Crippen molar-refractivity contribution in [2.24, 2.45) is 0 Å². The molecule has 1 aromatic rings. The van der Waals surface area contributed by atoms with Crippen molar-refractivity contribution >= 4 is 0 Å². The lowest BCUT2D eigenvalue weighted by Crippen LogP contribution is -2.31. The minimum atomic E-state index is 0.312. The number of nitrogens with one attached hydrogen (secondary N) is 2. The smallest absolute Gasteiger partial charge is 0.123 e. The predicted octanol–water partition coefficient (Wildman–Crippen LogP) is 1.88. The van der Waals surface area contributed by atoms with Gasteiger partial charge in [-0.2, -0.15) is 0 Å². The largest absolute Gasteiger partial charge is 0.385 e. The molecular formula is C11H21N3O. The second-order valence-corrected chi connectivity index (χ2v) is 3.78. The van der Waals surface area contributed by atoms with Crippen LogP contribution >= 0.6 is 0 Å². The molecule has 86 valence electrons. The first kappa shape index (κ1) is 12.2. The molecule has 0 radical (unpaired) electrons. The predicted molar refractivity (Wildman–Crippen MR) is 60.7 cm³/mol. The Balaban J connectivity index is 2.40. The molecule has 2 unspecified atom stereocenters. The molecule has 4 heteroatoms. The second-order valence-electron chi connectivity index (χ2n) is 3.78. The van der Waals surface area contributed by atoms with Crippen LogP contribution in [-0.4, -0.2) is 29.7 Å². The number of rotatable bonds is 7. The Morgan fingerprint density at radius 3 is 2.93 bits per heavy atom. The molecule has 0 aliphatic heterocycles. The monoisotopic (exact) mass is 211 g/mol. The van der Waals surface area contributed by atoms with Gasteiger partial charge in [-0.25, -0.2) is 4.98 Å². The van der Waals surface area contributed by atoms with Crippen LogP contribution in [-0.2, 0) is 4.74 Å². The number of aromatic amines is 1. The highest BCUT2D eigenvalue weighted by atomic mass is 16.5. The third kappa shape index (κ3) is 4.01. The molecule has 0 aromatic carbocycles. The average Bonchev–Trinajstić information content (AvgIpc) is 2.76. The van der Waals surface area contributed by atoms with Crippen LogP contribution in [0.5, 0.6) is 0 Å². The summed E-state index contributed by atoms with van der Waals surface area (Å²) >= 11 is 0. The molecule has 0 fully saturated rings. The minimum Gasteiger partial charge on any atom is -0.385 e. The molecule has 0 amide bonds. The van der Waals surface area contributed by atoms with Crippen molar-refractivity contribution in [2.75, 3.05) is 13.7 Å². The highest BCUT2D eigenvalue weighted by Crippen LogP contribution is 2.12. The van der Waals surface area contributed by atoms with Gasteiger partial charge < -0.3 is 15.0 Å². The fourth-order valence-electron chi connectivity index (χ4n) is 1.58. The molecule has 4 nitrogen and oxygen atoms in total. The van der Waals surface area contributed by atoms with Crippen molar-refractivity contribution in [2.45, 2.75) is 38.8 Å². The fraction of sp³-hybridized carbons (Fsp3) is 0.727. The van der Waals surface area contributed by atoms with Crippen molar-refractivity contribution in [1.82, 2.24) is 15.3 Å². The maximum Gasteiger partial charge on any atom is 0.123 e. The van der Waals surface area contributed by atoms with Crippen LogP contribution in [0.2, 0.25) is 0 Å². The van der Waals surface area contributed by atoms with E-state index in [-0.39, 0.29) is 0 Å².